The molecule has 4 N–H and O–H groups in total. The summed E-state index contributed by atoms with van der Waals surface area (Å²) in [6, 6.07) is 6.97. The van der Waals surface area contributed by atoms with Crippen LogP contribution in [0.5, 0.6) is 0 Å². The number of carbonyl (C=O) groups is 3. The fourth-order valence-electron chi connectivity index (χ4n) is 2.12. The molecule has 1 aliphatic rings. The summed E-state index contributed by atoms with van der Waals surface area (Å²) in [6.07, 6.45) is -1.01. The maximum absolute atomic E-state index is 11.8. The highest BCUT2D eigenvalue weighted by Gasteiger charge is 2.31. The number of benzene rings is 1. The van der Waals surface area contributed by atoms with Crippen molar-refractivity contribution >= 4 is 17.8 Å². The van der Waals surface area contributed by atoms with Gasteiger partial charge in [-0.05, 0) is 12.5 Å². The summed E-state index contributed by atoms with van der Waals surface area (Å²) in [5, 5.41) is 17.2. The van der Waals surface area contributed by atoms with E-state index in [1.807, 2.05) is 6.07 Å². The van der Waals surface area contributed by atoms with E-state index in [0.717, 1.165) is 0 Å². The number of hydrogen-bond donors (Lipinski definition) is 4. The van der Waals surface area contributed by atoms with Crippen molar-refractivity contribution in [2.45, 2.75) is 31.5 Å². The summed E-state index contributed by atoms with van der Waals surface area (Å²) in [6.45, 7) is 1.67. The third-order valence-electron chi connectivity index (χ3n) is 3.25. The Hall–Kier alpha value is -2.41. The smallest absolute Gasteiger partial charge is 0.322 e. The number of imide groups is 1. The van der Waals surface area contributed by atoms with Crippen LogP contribution >= 0.6 is 0 Å². The Morgan fingerprint density at radius 1 is 1.33 bits per heavy atom. The molecule has 0 radical (unpaired) electrons. The first-order valence-electron chi connectivity index (χ1n) is 6.61. The van der Waals surface area contributed by atoms with Gasteiger partial charge in [0.15, 0.2) is 0 Å². The largest absolute Gasteiger partial charge is 0.386 e. The highest BCUT2D eigenvalue weighted by Crippen LogP contribution is 2.16. The molecule has 1 fully saturated rings. The van der Waals surface area contributed by atoms with Gasteiger partial charge in [0, 0.05) is 0 Å². The molecule has 0 aromatic heterocycles. The number of carbonyl (C=O) groups excluding carboxylic acids is 3. The van der Waals surface area contributed by atoms with E-state index in [-0.39, 0.29) is 6.42 Å². The van der Waals surface area contributed by atoms with E-state index in [2.05, 4.69) is 16.0 Å². The van der Waals surface area contributed by atoms with Gasteiger partial charge in [-0.1, -0.05) is 30.3 Å². The molecule has 7 nitrogen and oxygen atoms in total. The van der Waals surface area contributed by atoms with Gasteiger partial charge in [0.1, 0.15) is 6.04 Å². The lowest BCUT2D eigenvalue weighted by Gasteiger charge is -2.21. The second-order valence-corrected chi connectivity index (χ2v) is 4.93. The first kappa shape index (κ1) is 15.0. The maximum atomic E-state index is 11.8. The minimum absolute atomic E-state index is 0.163. The van der Waals surface area contributed by atoms with Crippen molar-refractivity contribution in [3.05, 3.63) is 35.9 Å². The predicted molar refractivity (Wildman–Crippen MR) is 74.1 cm³/mol. The van der Waals surface area contributed by atoms with Gasteiger partial charge in [-0.15, -0.1) is 0 Å². The molecule has 3 atom stereocenters. The lowest BCUT2D eigenvalue weighted by atomic mass is 10.0. The zero-order valence-electron chi connectivity index (χ0n) is 11.5. The van der Waals surface area contributed by atoms with Gasteiger partial charge in [0.25, 0.3) is 5.91 Å². The molecule has 1 aromatic rings. The van der Waals surface area contributed by atoms with Gasteiger partial charge >= 0.3 is 6.03 Å². The van der Waals surface area contributed by atoms with E-state index in [1.165, 1.54) is 0 Å². The Bertz CT molecular complexity index is 546. The summed E-state index contributed by atoms with van der Waals surface area (Å²) in [5.41, 5.74) is 0.692. The highest BCUT2D eigenvalue weighted by molar-refractivity contribution is 6.05. The summed E-state index contributed by atoms with van der Waals surface area (Å²) < 4.78 is 0. The molecule has 0 saturated carbocycles. The second kappa shape index (κ2) is 6.36. The van der Waals surface area contributed by atoms with Crippen molar-refractivity contribution in [2.75, 3.05) is 0 Å². The number of aliphatic hydroxyl groups is 1. The molecule has 0 bridgehead atoms. The summed E-state index contributed by atoms with van der Waals surface area (Å²) in [4.78, 5) is 34.1. The number of hydrogen-bond acceptors (Lipinski definition) is 4. The van der Waals surface area contributed by atoms with E-state index >= 15 is 0 Å². The number of rotatable bonds is 5. The Balaban J connectivity index is 1.87. The molecule has 4 amide bonds. The van der Waals surface area contributed by atoms with E-state index in [9.17, 15) is 19.5 Å². The molecule has 7 heteroatoms. The molecular formula is C14H17N3O4. The number of amides is 4. The summed E-state index contributed by atoms with van der Waals surface area (Å²) >= 11 is 0. The summed E-state index contributed by atoms with van der Waals surface area (Å²) in [7, 11) is 0. The van der Waals surface area contributed by atoms with Crippen molar-refractivity contribution in [2.24, 2.45) is 0 Å². The van der Waals surface area contributed by atoms with Crippen LogP contribution in [0.3, 0.4) is 0 Å². The van der Waals surface area contributed by atoms with E-state index in [0.29, 0.717) is 5.56 Å². The fourth-order valence-corrected chi connectivity index (χ4v) is 2.12. The van der Waals surface area contributed by atoms with Gasteiger partial charge in [0.05, 0.1) is 18.6 Å². The Kier molecular flexibility index (Phi) is 4.54. The average molecular weight is 291 g/mol. The van der Waals surface area contributed by atoms with Crippen molar-refractivity contribution in [1.29, 1.82) is 0 Å². The van der Waals surface area contributed by atoms with Crippen LogP contribution in [0.4, 0.5) is 4.79 Å². The minimum Gasteiger partial charge on any atom is -0.386 e. The van der Waals surface area contributed by atoms with Crippen LogP contribution in [-0.4, -0.2) is 35.0 Å². The molecular weight excluding hydrogens is 274 g/mol. The molecule has 1 aliphatic heterocycles. The Labute approximate surface area is 121 Å². The van der Waals surface area contributed by atoms with Crippen LogP contribution in [-0.2, 0) is 9.59 Å². The van der Waals surface area contributed by atoms with Crippen LogP contribution in [0.25, 0.3) is 0 Å². The lowest BCUT2D eigenvalue weighted by Crippen LogP contribution is -2.41. The molecule has 1 saturated heterocycles. The maximum Gasteiger partial charge on any atom is 0.322 e. The lowest BCUT2D eigenvalue weighted by molar-refractivity contribution is -0.127. The van der Waals surface area contributed by atoms with E-state index in [4.69, 9.17) is 0 Å². The Morgan fingerprint density at radius 2 is 2.00 bits per heavy atom. The van der Waals surface area contributed by atoms with E-state index < -0.39 is 36.0 Å². The van der Waals surface area contributed by atoms with Gasteiger partial charge < -0.3 is 15.7 Å². The van der Waals surface area contributed by atoms with Crippen molar-refractivity contribution in [3.63, 3.8) is 0 Å². The number of aliphatic hydroxyl groups excluding tert-OH is 1. The van der Waals surface area contributed by atoms with Gasteiger partial charge in [-0.2, -0.15) is 0 Å². The molecule has 1 aromatic carbocycles. The monoisotopic (exact) mass is 291 g/mol. The van der Waals surface area contributed by atoms with Gasteiger partial charge in [-0.3, -0.25) is 14.9 Å². The summed E-state index contributed by atoms with van der Waals surface area (Å²) in [5.74, 6) is -0.939. The second-order valence-electron chi connectivity index (χ2n) is 4.93. The van der Waals surface area contributed by atoms with Crippen molar-refractivity contribution in [3.8, 4) is 0 Å². The normalized spacial score (nSPS) is 20.4. The quantitative estimate of drug-likeness (QED) is 0.565. The SMILES string of the molecule is CC(NC(=O)CC1NC(=O)NC1=O)C(O)c1ccccc1. The third kappa shape index (κ3) is 3.79. The van der Waals surface area contributed by atoms with E-state index in [1.54, 1.807) is 31.2 Å². The van der Waals surface area contributed by atoms with Gasteiger partial charge in [0.2, 0.25) is 5.91 Å². The van der Waals surface area contributed by atoms with Crippen LogP contribution < -0.4 is 16.0 Å². The van der Waals surface area contributed by atoms with Crippen molar-refractivity contribution in [1.82, 2.24) is 16.0 Å². The zero-order valence-corrected chi connectivity index (χ0v) is 11.5. The molecule has 21 heavy (non-hydrogen) atoms. The third-order valence-corrected chi connectivity index (χ3v) is 3.25. The molecule has 0 aliphatic carbocycles. The molecule has 0 spiro atoms. The molecule has 2 rings (SSSR count). The molecule has 112 valence electrons. The van der Waals surface area contributed by atoms with Crippen LogP contribution in [0, 0.1) is 0 Å². The van der Waals surface area contributed by atoms with Crippen molar-refractivity contribution < 1.29 is 19.5 Å². The number of urea groups is 1. The van der Waals surface area contributed by atoms with Crippen LogP contribution in [0.15, 0.2) is 30.3 Å². The molecule has 3 unspecified atom stereocenters. The first-order chi connectivity index (χ1) is 9.97. The minimum atomic E-state index is -0.862. The Morgan fingerprint density at radius 3 is 2.57 bits per heavy atom. The fraction of sp³-hybridized carbons (Fsp3) is 0.357. The predicted octanol–water partition coefficient (Wildman–Crippen LogP) is -0.177. The molecule has 1 heterocycles. The zero-order chi connectivity index (χ0) is 15.4. The van der Waals surface area contributed by atoms with Gasteiger partial charge in [-0.25, -0.2) is 4.79 Å². The highest BCUT2D eigenvalue weighted by atomic mass is 16.3. The first-order valence-corrected chi connectivity index (χ1v) is 6.61. The van der Waals surface area contributed by atoms with Crippen LogP contribution in [0.2, 0.25) is 0 Å². The topological polar surface area (TPSA) is 108 Å². The van der Waals surface area contributed by atoms with Crippen LogP contribution in [0.1, 0.15) is 25.0 Å². The standard InChI is InChI=1S/C14H17N3O4/c1-8(12(19)9-5-3-2-4-6-9)15-11(18)7-10-13(20)17-14(21)16-10/h2-6,8,10,12,19H,7H2,1H3,(H,15,18)(H2,16,17,20,21). The average Bonchev–Trinajstić information content (AvgIpc) is 2.76. The number of nitrogens with one attached hydrogen (secondary N) is 3.